The van der Waals surface area contributed by atoms with Crippen LogP contribution in [0.5, 0.6) is 0 Å². The number of carbonyl (C=O) groups excluding carboxylic acids is 1. The van der Waals surface area contributed by atoms with Crippen molar-refractivity contribution in [2.24, 2.45) is 0 Å². The topological polar surface area (TPSA) is 45.2 Å². The van der Waals surface area contributed by atoms with Gasteiger partial charge in [0.1, 0.15) is 0 Å². The van der Waals surface area contributed by atoms with Crippen LogP contribution >= 0.6 is 11.3 Å². The van der Waals surface area contributed by atoms with Crippen molar-refractivity contribution in [2.75, 3.05) is 13.1 Å². The van der Waals surface area contributed by atoms with Gasteiger partial charge in [-0.3, -0.25) is 0 Å². The summed E-state index contributed by atoms with van der Waals surface area (Å²) in [6.45, 7) is 7.88. The Morgan fingerprint density at radius 3 is 2.67 bits per heavy atom. The van der Waals surface area contributed by atoms with Crippen LogP contribution in [0.2, 0.25) is 0 Å². The maximum atomic E-state index is 11.6. The average molecular weight is 227 g/mol. The molecule has 4 nitrogen and oxygen atoms in total. The molecule has 5 heteroatoms. The molecule has 0 radical (unpaired) electrons. The molecule has 0 unspecified atom stereocenters. The van der Waals surface area contributed by atoms with E-state index in [4.69, 9.17) is 0 Å². The molecular weight excluding hydrogens is 210 g/mol. The maximum absolute atomic E-state index is 11.6. The zero-order valence-corrected chi connectivity index (χ0v) is 10.2. The summed E-state index contributed by atoms with van der Waals surface area (Å²) in [5.74, 6) is 0. The minimum absolute atomic E-state index is 0.0225. The zero-order valence-electron chi connectivity index (χ0n) is 9.41. The first-order chi connectivity index (χ1) is 7.17. The number of nitrogens with one attached hydrogen (secondary N) is 1. The SMILES string of the molecule is CCN(CC)C(=O)NCc1csc(C)n1. The summed E-state index contributed by atoms with van der Waals surface area (Å²) < 4.78 is 0. The van der Waals surface area contributed by atoms with E-state index < -0.39 is 0 Å². The van der Waals surface area contributed by atoms with E-state index in [0.717, 1.165) is 23.8 Å². The Balaban J connectivity index is 2.40. The third-order valence-corrected chi connectivity index (χ3v) is 2.96. The van der Waals surface area contributed by atoms with Gasteiger partial charge in [-0.1, -0.05) is 0 Å². The minimum Gasteiger partial charge on any atom is -0.332 e. The van der Waals surface area contributed by atoms with Crippen molar-refractivity contribution >= 4 is 17.4 Å². The number of carbonyl (C=O) groups is 1. The molecule has 1 aromatic rings. The van der Waals surface area contributed by atoms with Gasteiger partial charge in [-0.25, -0.2) is 9.78 Å². The van der Waals surface area contributed by atoms with E-state index in [9.17, 15) is 4.79 Å². The molecule has 1 heterocycles. The average Bonchev–Trinajstić information content (AvgIpc) is 2.63. The highest BCUT2D eigenvalue weighted by atomic mass is 32.1. The zero-order chi connectivity index (χ0) is 11.3. The van der Waals surface area contributed by atoms with Crippen molar-refractivity contribution in [3.05, 3.63) is 16.1 Å². The highest BCUT2D eigenvalue weighted by Gasteiger charge is 2.08. The number of amides is 2. The summed E-state index contributed by atoms with van der Waals surface area (Å²) in [7, 11) is 0. The summed E-state index contributed by atoms with van der Waals surface area (Å²) in [6, 6.07) is -0.0225. The third kappa shape index (κ3) is 3.51. The van der Waals surface area contributed by atoms with Crippen LogP contribution in [0.4, 0.5) is 4.79 Å². The van der Waals surface area contributed by atoms with E-state index in [1.807, 2.05) is 26.2 Å². The van der Waals surface area contributed by atoms with Gasteiger partial charge >= 0.3 is 6.03 Å². The van der Waals surface area contributed by atoms with Crippen molar-refractivity contribution in [1.29, 1.82) is 0 Å². The fourth-order valence-corrected chi connectivity index (χ4v) is 1.89. The van der Waals surface area contributed by atoms with Crippen molar-refractivity contribution < 1.29 is 4.79 Å². The van der Waals surface area contributed by atoms with Gasteiger partial charge in [0, 0.05) is 18.5 Å². The van der Waals surface area contributed by atoms with E-state index in [2.05, 4.69) is 10.3 Å². The predicted octanol–water partition coefficient (Wildman–Crippen LogP) is 2.00. The lowest BCUT2D eigenvalue weighted by atomic mass is 10.4. The van der Waals surface area contributed by atoms with E-state index in [0.29, 0.717) is 6.54 Å². The second-order valence-electron chi connectivity index (χ2n) is 3.19. The Hall–Kier alpha value is -1.10. The molecule has 0 saturated heterocycles. The van der Waals surface area contributed by atoms with Crippen LogP contribution in [-0.2, 0) is 6.54 Å². The Morgan fingerprint density at radius 2 is 2.20 bits per heavy atom. The molecule has 0 aliphatic heterocycles. The lowest BCUT2D eigenvalue weighted by Gasteiger charge is -2.18. The first-order valence-corrected chi connectivity index (χ1v) is 5.99. The van der Waals surface area contributed by atoms with Gasteiger partial charge < -0.3 is 10.2 Å². The molecule has 0 spiro atoms. The van der Waals surface area contributed by atoms with Crippen LogP contribution in [0.1, 0.15) is 24.5 Å². The molecule has 84 valence electrons. The van der Waals surface area contributed by atoms with Gasteiger partial charge in [0.25, 0.3) is 0 Å². The Labute approximate surface area is 94.3 Å². The van der Waals surface area contributed by atoms with Gasteiger partial charge in [0.2, 0.25) is 0 Å². The summed E-state index contributed by atoms with van der Waals surface area (Å²) >= 11 is 1.60. The molecule has 0 atom stereocenters. The Kier molecular flexibility index (Phi) is 4.55. The third-order valence-electron chi connectivity index (χ3n) is 2.14. The largest absolute Gasteiger partial charge is 0.332 e. The van der Waals surface area contributed by atoms with Crippen LogP contribution in [0, 0.1) is 6.92 Å². The first kappa shape index (κ1) is 12.0. The molecular formula is C10H17N3OS. The van der Waals surface area contributed by atoms with Gasteiger partial charge in [0.05, 0.1) is 17.2 Å². The van der Waals surface area contributed by atoms with E-state index >= 15 is 0 Å². The van der Waals surface area contributed by atoms with Crippen LogP contribution in [0.15, 0.2) is 5.38 Å². The first-order valence-electron chi connectivity index (χ1n) is 5.11. The van der Waals surface area contributed by atoms with Crippen molar-refractivity contribution in [1.82, 2.24) is 15.2 Å². The molecule has 0 bridgehead atoms. The van der Waals surface area contributed by atoms with E-state index in [1.54, 1.807) is 16.2 Å². The Bertz CT molecular complexity index is 320. The maximum Gasteiger partial charge on any atom is 0.317 e. The summed E-state index contributed by atoms with van der Waals surface area (Å²) in [4.78, 5) is 17.6. The molecule has 0 aliphatic rings. The number of hydrogen-bond donors (Lipinski definition) is 1. The van der Waals surface area contributed by atoms with Crippen LogP contribution in [0.25, 0.3) is 0 Å². The fraction of sp³-hybridized carbons (Fsp3) is 0.600. The molecule has 0 fully saturated rings. The standard InChI is InChI=1S/C10H17N3OS/c1-4-13(5-2)10(14)11-6-9-7-15-8(3)12-9/h7H,4-6H2,1-3H3,(H,11,14). The van der Waals surface area contributed by atoms with Crippen molar-refractivity contribution in [2.45, 2.75) is 27.3 Å². The number of aromatic nitrogens is 1. The molecule has 1 aromatic heterocycles. The Morgan fingerprint density at radius 1 is 1.53 bits per heavy atom. The van der Waals surface area contributed by atoms with Gasteiger partial charge in [0.15, 0.2) is 0 Å². The van der Waals surface area contributed by atoms with Gasteiger partial charge in [-0.05, 0) is 20.8 Å². The molecule has 0 saturated carbocycles. The van der Waals surface area contributed by atoms with E-state index in [1.165, 1.54) is 0 Å². The van der Waals surface area contributed by atoms with Crippen molar-refractivity contribution in [3.8, 4) is 0 Å². The molecule has 0 aromatic carbocycles. The van der Waals surface area contributed by atoms with Crippen LogP contribution in [-0.4, -0.2) is 29.0 Å². The number of thiazole rings is 1. The second-order valence-corrected chi connectivity index (χ2v) is 4.25. The molecule has 15 heavy (non-hydrogen) atoms. The highest BCUT2D eigenvalue weighted by Crippen LogP contribution is 2.07. The van der Waals surface area contributed by atoms with Gasteiger partial charge in [-0.2, -0.15) is 0 Å². The van der Waals surface area contributed by atoms with Crippen LogP contribution < -0.4 is 5.32 Å². The molecule has 1 rings (SSSR count). The molecule has 2 amide bonds. The quantitative estimate of drug-likeness (QED) is 0.855. The van der Waals surface area contributed by atoms with Crippen LogP contribution in [0.3, 0.4) is 0 Å². The fourth-order valence-electron chi connectivity index (χ4n) is 1.28. The van der Waals surface area contributed by atoms with Crippen molar-refractivity contribution in [3.63, 3.8) is 0 Å². The van der Waals surface area contributed by atoms with Gasteiger partial charge in [-0.15, -0.1) is 11.3 Å². The molecule has 1 N–H and O–H groups in total. The monoisotopic (exact) mass is 227 g/mol. The summed E-state index contributed by atoms with van der Waals surface area (Å²) in [5.41, 5.74) is 0.929. The molecule has 0 aliphatic carbocycles. The summed E-state index contributed by atoms with van der Waals surface area (Å²) in [5, 5.41) is 5.85. The smallest absolute Gasteiger partial charge is 0.317 e. The lowest BCUT2D eigenvalue weighted by molar-refractivity contribution is 0.202. The normalized spacial score (nSPS) is 10.1. The highest BCUT2D eigenvalue weighted by molar-refractivity contribution is 7.09. The minimum atomic E-state index is -0.0225. The second kappa shape index (κ2) is 5.70. The number of hydrogen-bond acceptors (Lipinski definition) is 3. The number of nitrogens with zero attached hydrogens (tertiary/aromatic N) is 2. The number of aryl methyl sites for hydroxylation is 1. The predicted molar refractivity (Wildman–Crippen MR) is 62.0 cm³/mol. The summed E-state index contributed by atoms with van der Waals surface area (Å²) in [6.07, 6.45) is 0. The van der Waals surface area contributed by atoms with E-state index in [-0.39, 0.29) is 6.03 Å². The number of rotatable bonds is 4. The lowest BCUT2D eigenvalue weighted by Crippen LogP contribution is -2.39. The number of urea groups is 1.